The molecule has 0 aliphatic carbocycles. The van der Waals surface area contributed by atoms with Crippen molar-refractivity contribution in [2.45, 2.75) is 26.4 Å². The summed E-state index contributed by atoms with van der Waals surface area (Å²) in [6.45, 7) is 3.64. The Bertz CT molecular complexity index is 348. The van der Waals surface area contributed by atoms with Crippen molar-refractivity contribution in [3.8, 4) is 0 Å². The van der Waals surface area contributed by atoms with Gasteiger partial charge in [-0.25, -0.2) is 8.78 Å². The van der Waals surface area contributed by atoms with Crippen LogP contribution in [0.15, 0.2) is 29.8 Å². The SMILES string of the molecule is CC(C)=CC(O)Cc1c(F)cccc1F. The van der Waals surface area contributed by atoms with Crippen LogP contribution in [0, 0.1) is 11.6 Å². The number of hydrogen-bond donors (Lipinski definition) is 1. The number of aliphatic hydroxyl groups excluding tert-OH is 1. The highest BCUT2D eigenvalue weighted by Crippen LogP contribution is 2.15. The Hall–Kier alpha value is -1.22. The monoisotopic (exact) mass is 212 g/mol. The minimum atomic E-state index is -0.846. The summed E-state index contributed by atoms with van der Waals surface area (Å²) < 4.78 is 26.4. The lowest BCUT2D eigenvalue weighted by Gasteiger charge is -2.08. The highest BCUT2D eigenvalue weighted by molar-refractivity contribution is 5.21. The van der Waals surface area contributed by atoms with Gasteiger partial charge in [-0.15, -0.1) is 0 Å². The van der Waals surface area contributed by atoms with Crippen molar-refractivity contribution in [2.24, 2.45) is 0 Å². The molecule has 15 heavy (non-hydrogen) atoms. The third-order valence-corrected chi connectivity index (χ3v) is 2.00. The maximum absolute atomic E-state index is 13.2. The minimum Gasteiger partial charge on any atom is -0.389 e. The summed E-state index contributed by atoms with van der Waals surface area (Å²) >= 11 is 0. The molecule has 1 rings (SSSR count). The zero-order chi connectivity index (χ0) is 11.4. The lowest BCUT2D eigenvalue weighted by molar-refractivity contribution is 0.219. The van der Waals surface area contributed by atoms with Gasteiger partial charge < -0.3 is 5.11 Å². The van der Waals surface area contributed by atoms with Crippen LogP contribution in [0.4, 0.5) is 8.78 Å². The molecular formula is C12H14F2O. The summed E-state index contributed by atoms with van der Waals surface area (Å²) in [5.41, 5.74) is 0.849. The van der Waals surface area contributed by atoms with Crippen molar-refractivity contribution in [3.63, 3.8) is 0 Å². The van der Waals surface area contributed by atoms with Gasteiger partial charge in [-0.1, -0.05) is 17.7 Å². The van der Waals surface area contributed by atoms with Crippen LogP contribution in [-0.4, -0.2) is 11.2 Å². The molecule has 1 aromatic rings. The van der Waals surface area contributed by atoms with E-state index in [0.29, 0.717) is 0 Å². The molecule has 0 aliphatic rings. The van der Waals surface area contributed by atoms with E-state index in [1.807, 2.05) is 13.8 Å². The molecule has 0 aromatic heterocycles. The van der Waals surface area contributed by atoms with Gasteiger partial charge in [-0.05, 0) is 26.0 Å². The van der Waals surface area contributed by atoms with Crippen LogP contribution in [0.25, 0.3) is 0 Å². The van der Waals surface area contributed by atoms with Crippen molar-refractivity contribution in [1.29, 1.82) is 0 Å². The molecule has 0 aliphatic heterocycles. The highest BCUT2D eigenvalue weighted by atomic mass is 19.1. The second kappa shape index (κ2) is 5.03. The molecule has 3 heteroatoms. The summed E-state index contributed by atoms with van der Waals surface area (Å²) in [7, 11) is 0. The zero-order valence-corrected chi connectivity index (χ0v) is 8.80. The summed E-state index contributed by atoms with van der Waals surface area (Å²) in [5.74, 6) is -1.23. The fourth-order valence-corrected chi connectivity index (χ4v) is 1.38. The summed E-state index contributed by atoms with van der Waals surface area (Å²) in [5, 5.41) is 9.51. The molecule has 0 bridgehead atoms. The molecule has 0 saturated carbocycles. The van der Waals surface area contributed by atoms with Gasteiger partial charge in [0.1, 0.15) is 11.6 Å². The molecule has 0 heterocycles. The first kappa shape index (κ1) is 11.9. The molecule has 82 valence electrons. The molecule has 1 atom stereocenters. The fourth-order valence-electron chi connectivity index (χ4n) is 1.38. The Labute approximate surface area is 88.1 Å². The average Bonchev–Trinajstić information content (AvgIpc) is 2.10. The highest BCUT2D eigenvalue weighted by Gasteiger charge is 2.11. The second-order valence-electron chi connectivity index (χ2n) is 3.72. The number of aliphatic hydroxyl groups is 1. The number of halogens is 2. The van der Waals surface area contributed by atoms with Crippen molar-refractivity contribution in [1.82, 2.24) is 0 Å². The van der Waals surface area contributed by atoms with Crippen LogP contribution in [0.3, 0.4) is 0 Å². The van der Waals surface area contributed by atoms with Gasteiger partial charge in [-0.2, -0.15) is 0 Å². The molecule has 1 nitrogen and oxygen atoms in total. The van der Waals surface area contributed by atoms with Gasteiger partial charge in [0.25, 0.3) is 0 Å². The van der Waals surface area contributed by atoms with Gasteiger partial charge >= 0.3 is 0 Å². The maximum Gasteiger partial charge on any atom is 0.129 e. The molecule has 0 saturated heterocycles. The number of benzene rings is 1. The first-order valence-corrected chi connectivity index (χ1v) is 4.76. The Morgan fingerprint density at radius 3 is 2.33 bits per heavy atom. The Morgan fingerprint density at radius 2 is 1.87 bits per heavy atom. The van der Waals surface area contributed by atoms with Gasteiger partial charge in [0.05, 0.1) is 6.10 Å². The Balaban J connectivity index is 2.85. The molecule has 0 fully saturated rings. The van der Waals surface area contributed by atoms with E-state index in [4.69, 9.17) is 0 Å². The lowest BCUT2D eigenvalue weighted by Crippen LogP contribution is -2.10. The second-order valence-corrected chi connectivity index (χ2v) is 3.72. The number of rotatable bonds is 3. The van der Waals surface area contributed by atoms with Crippen LogP contribution in [-0.2, 0) is 6.42 Å². The predicted molar refractivity (Wildman–Crippen MR) is 55.5 cm³/mol. The predicted octanol–water partition coefficient (Wildman–Crippen LogP) is 2.83. The van der Waals surface area contributed by atoms with E-state index < -0.39 is 17.7 Å². The largest absolute Gasteiger partial charge is 0.389 e. The molecule has 0 spiro atoms. The smallest absolute Gasteiger partial charge is 0.129 e. The number of hydrogen-bond acceptors (Lipinski definition) is 1. The quantitative estimate of drug-likeness (QED) is 0.764. The standard InChI is InChI=1S/C12H14F2O/c1-8(2)6-9(15)7-10-11(13)4-3-5-12(10)14/h3-6,9,15H,7H2,1-2H3. The van der Waals surface area contributed by atoms with E-state index in [0.717, 1.165) is 5.57 Å². The normalized spacial score (nSPS) is 12.3. The van der Waals surface area contributed by atoms with Crippen molar-refractivity contribution < 1.29 is 13.9 Å². The Morgan fingerprint density at radius 1 is 1.33 bits per heavy atom. The van der Waals surface area contributed by atoms with Crippen LogP contribution >= 0.6 is 0 Å². The van der Waals surface area contributed by atoms with E-state index in [2.05, 4.69) is 0 Å². The van der Waals surface area contributed by atoms with Gasteiger partial charge in [-0.3, -0.25) is 0 Å². The summed E-state index contributed by atoms with van der Waals surface area (Å²) in [4.78, 5) is 0. The summed E-state index contributed by atoms with van der Waals surface area (Å²) in [6.07, 6.45) is 0.691. The van der Waals surface area contributed by atoms with E-state index in [1.54, 1.807) is 6.08 Å². The third kappa shape index (κ3) is 3.44. The molecule has 1 aromatic carbocycles. The average molecular weight is 212 g/mol. The van der Waals surface area contributed by atoms with Crippen molar-refractivity contribution >= 4 is 0 Å². The van der Waals surface area contributed by atoms with Crippen LogP contribution in [0.1, 0.15) is 19.4 Å². The fraction of sp³-hybridized carbons (Fsp3) is 0.333. The van der Waals surface area contributed by atoms with Gasteiger partial charge in [0, 0.05) is 12.0 Å². The Kier molecular flexibility index (Phi) is 3.97. The van der Waals surface area contributed by atoms with Gasteiger partial charge in [0.15, 0.2) is 0 Å². The zero-order valence-electron chi connectivity index (χ0n) is 8.80. The first-order valence-electron chi connectivity index (χ1n) is 4.76. The molecule has 1 unspecified atom stereocenters. The molecule has 0 radical (unpaired) electrons. The van der Waals surface area contributed by atoms with E-state index in [1.165, 1.54) is 18.2 Å². The van der Waals surface area contributed by atoms with Crippen molar-refractivity contribution in [2.75, 3.05) is 0 Å². The number of allylic oxidation sites excluding steroid dienone is 1. The first-order chi connectivity index (χ1) is 7.00. The topological polar surface area (TPSA) is 20.2 Å². The van der Waals surface area contributed by atoms with Crippen molar-refractivity contribution in [3.05, 3.63) is 47.0 Å². The summed E-state index contributed by atoms with van der Waals surface area (Å²) in [6, 6.07) is 3.68. The van der Waals surface area contributed by atoms with Gasteiger partial charge in [0.2, 0.25) is 0 Å². The third-order valence-electron chi connectivity index (χ3n) is 2.00. The van der Waals surface area contributed by atoms with E-state index in [9.17, 15) is 13.9 Å². The molecule has 0 amide bonds. The maximum atomic E-state index is 13.2. The van der Waals surface area contributed by atoms with E-state index in [-0.39, 0.29) is 12.0 Å². The molecule has 1 N–H and O–H groups in total. The van der Waals surface area contributed by atoms with Crippen LogP contribution in [0.5, 0.6) is 0 Å². The van der Waals surface area contributed by atoms with Crippen LogP contribution in [0.2, 0.25) is 0 Å². The van der Waals surface area contributed by atoms with Crippen LogP contribution < -0.4 is 0 Å². The minimum absolute atomic E-state index is 0.0380. The molecular weight excluding hydrogens is 198 g/mol. The lowest BCUT2D eigenvalue weighted by atomic mass is 10.1. The van der Waals surface area contributed by atoms with E-state index >= 15 is 0 Å².